The number of hydrogen-bond acceptors (Lipinski definition) is 7. The lowest BCUT2D eigenvalue weighted by atomic mass is 10.1. The SMILES string of the molecule is CCOC(=O)c1c(NC(=S)NC(=O)c2cc3ccccc3oc2=O)sc2c1CCC2. The highest BCUT2D eigenvalue weighted by molar-refractivity contribution is 7.80. The third kappa shape index (κ3) is 3.86. The number of amides is 1. The maximum Gasteiger partial charge on any atom is 0.349 e. The monoisotopic (exact) mass is 442 g/mol. The second-order valence-electron chi connectivity index (χ2n) is 6.68. The zero-order chi connectivity index (χ0) is 21.3. The minimum atomic E-state index is -0.753. The van der Waals surface area contributed by atoms with Gasteiger partial charge in [0.2, 0.25) is 0 Å². The maximum atomic E-state index is 12.6. The van der Waals surface area contributed by atoms with E-state index in [0.29, 0.717) is 21.5 Å². The molecule has 0 spiro atoms. The van der Waals surface area contributed by atoms with Gasteiger partial charge in [-0.3, -0.25) is 10.1 Å². The molecule has 154 valence electrons. The molecule has 0 aliphatic heterocycles. The Morgan fingerprint density at radius 1 is 1.27 bits per heavy atom. The predicted octanol–water partition coefficient (Wildman–Crippen LogP) is 3.65. The van der Waals surface area contributed by atoms with Gasteiger partial charge in [-0.05, 0) is 56.1 Å². The number of benzene rings is 1. The predicted molar refractivity (Wildman–Crippen MR) is 118 cm³/mol. The van der Waals surface area contributed by atoms with Gasteiger partial charge in [0, 0.05) is 10.3 Å². The summed E-state index contributed by atoms with van der Waals surface area (Å²) in [6.45, 7) is 2.01. The largest absolute Gasteiger partial charge is 0.462 e. The lowest BCUT2D eigenvalue weighted by Gasteiger charge is -2.10. The van der Waals surface area contributed by atoms with Crippen LogP contribution in [-0.4, -0.2) is 23.6 Å². The van der Waals surface area contributed by atoms with E-state index >= 15 is 0 Å². The molecule has 1 aliphatic rings. The summed E-state index contributed by atoms with van der Waals surface area (Å²) in [5.74, 6) is -1.10. The van der Waals surface area contributed by atoms with Crippen LogP contribution in [0.1, 0.15) is 44.5 Å². The number of thiophene rings is 1. The lowest BCUT2D eigenvalue weighted by Crippen LogP contribution is -2.36. The van der Waals surface area contributed by atoms with Crippen LogP contribution in [0.15, 0.2) is 39.5 Å². The van der Waals surface area contributed by atoms with Gasteiger partial charge in [-0.1, -0.05) is 18.2 Å². The lowest BCUT2D eigenvalue weighted by molar-refractivity contribution is 0.0527. The van der Waals surface area contributed by atoms with E-state index in [1.165, 1.54) is 17.4 Å². The van der Waals surface area contributed by atoms with Crippen molar-refractivity contribution in [1.82, 2.24) is 5.32 Å². The standard InChI is InChI=1S/C21H18N2O5S2/c1-2-27-20(26)16-12-7-5-9-15(12)30-18(16)23-21(29)22-17(24)13-10-11-6-3-4-8-14(11)28-19(13)25/h3-4,6,8,10H,2,5,7,9H2,1H3,(H2,22,23,24,29). The fourth-order valence-corrected chi connectivity index (χ4v) is 4.98. The van der Waals surface area contributed by atoms with Crippen LogP contribution in [0.4, 0.5) is 5.00 Å². The summed E-state index contributed by atoms with van der Waals surface area (Å²) in [6.07, 6.45) is 2.69. The van der Waals surface area contributed by atoms with Gasteiger partial charge in [-0.25, -0.2) is 9.59 Å². The molecule has 0 bridgehead atoms. The maximum absolute atomic E-state index is 12.6. The van der Waals surface area contributed by atoms with Crippen molar-refractivity contribution >= 4 is 56.5 Å². The molecule has 2 heterocycles. The molecule has 4 rings (SSSR count). The van der Waals surface area contributed by atoms with Gasteiger partial charge >= 0.3 is 11.6 Å². The van der Waals surface area contributed by atoms with Crippen LogP contribution >= 0.6 is 23.6 Å². The Bertz CT molecular complexity index is 1230. The second-order valence-corrected chi connectivity index (χ2v) is 8.19. The number of carbonyl (C=O) groups is 2. The minimum Gasteiger partial charge on any atom is -0.462 e. The topological polar surface area (TPSA) is 97.6 Å². The molecule has 0 fully saturated rings. The number of aryl methyl sites for hydroxylation is 1. The molecule has 1 amide bonds. The number of thiocarbonyl (C=S) groups is 1. The van der Waals surface area contributed by atoms with Gasteiger partial charge in [0.05, 0.1) is 12.2 Å². The smallest absolute Gasteiger partial charge is 0.349 e. The summed E-state index contributed by atoms with van der Waals surface area (Å²) < 4.78 is 10.4. The quantitative estimate of drug-likeness (QED) is 0.362. The Hall–Kier alpha value is -3.04. The number of para-hydroxylation sites is 1. The van der Waals surface area contributed by atoms with Gasteiger partial charge in [-0.2, -0.15) is 0 Å². The molecule has 1 aromatic carbocycles. The van der Waals surface area contributed by atoms with Crippen LogP contribution in [0, 0.1) is 0 Å². The first kappa shape index (κ1) is 20.2. The molecule has 0 radical (unpaired) electrons. The number of carbonyl (C=O) groups excluding carboxylic acids is 2. The third-order valence-corrected chi connectivity index (χ3v) is 6.15. The normalized spacial score (nSPS) is 12.4. The minimum absolute atomic E-state index is 0.0157. The van der Waals surface area contributed by atoms with E-state index in [1.54, 1.807) is 31.2 Å². The van der Waals surface area contributed by atoms with Gasteiger partial charge in [0.25, 0.3) is 5.91 Å². The highest BCUT2D eigenvalue weighted by Crippen LogP contribution is 2.39. The highest BCUT2D eigenvalue weighted by atomic mass is 32.1. The Balaban J connectivity index is 1.54. The molecule has 1 aliphatic carbocycles. The molecular formula is C21H18N2O5S2. The van der Waals surface area contributed by atoms with Crippen molar-refractivity contribution in [3.05, 3.63) is 62.3 Å². The van der Waals surface area contributed by atoms with Crippen molar-refractivity contribution in [3.63, 3.8) is 0 Å². The molecule has 7 nitrogen and oxygen atoms in total. The molecule has 2 aromatic heterocycles. The van der Waals surface area contributed by atoms with Crippen molar-refractivity contribution < 1.29 is 18.7 Å². The van der Waals surface area contributed by atoms with E-state index in [9.17, 15) is 14.4 Å². The zero-order valence-electron chi connectivity index (χ0n) is 16.1. The summed E-state index contributed by atoms with van der Waals surface area (Å²) in [5, 5.41) is 6.56. The van der Waals surface area contributed by atoms with E-state index in [4.69, 9.17) is 21.4 Å². The van der Waals surface area contributed by atoms with E-state index in [2.05, 4.69) is 10.6 Å². The highest BCUT2D eigenvalue weighted by Gasteiger charge is 2.28. The molecule has 3 aromatic rings. The molecule has 9 heteroatoms. The summed E-state index contributed by atoms with van der Waals surface area (Å²) >= 11 is 6.68. The summed E-state index contributed by atoms with van der Waals surface area (Å²) in [4.78, 5) is 38.3. The van der Waals surface area contributed by atoms with Gasteiger partial charge in [0.15, 0.2) is 5.11 Å². The van der Waals surface area contributed by atoms with Crippen LogP contribution in [0.2, 0.25) is 0 Å². The van der Waals surface area contributed by atoms with Crippen LogP contribution in [0.25, 0.3) is 11.0 Å². The molecule has 0 saturated carbocycles. The number of fused-ring (bicyclic) bond motifs is 2. The van der Waals surface area contributed by atoms with Crippen LogP contribution in [-0.2, 0) is 17.6 Å². The van der Waals surface area contributed by atoms with Gasteiger partial charge in [0.1, 0.15) is 16.1 Å². The number of rotatable bonds is 4. The number of anilines is 1. The van der Waals surface area contributed by atoms with E-state index in [-0.39, 0.29) is 17.3 Å². The fraction of sp³-hybridized carbons (Fsp3) is 0.238. The zero-order valence-corrected chi connectivity index (χ0v) is 17.7. The molecule has 0 unspecified atom stereocenters. The first-order valence-electron chi connectivity index (χ1n) is 9.44. The van der Waals surface area contributed by atoms with E-state index < -0.39 is 17.5 Å². The average molecular weight is 443 g/mol. The van der Waals surface area contributed by atoms with Crippen molar-refractivity contribution in [2.45, 2.75) is 26.2 Å². The number of ether oxygens (including phenoxy) is 1. The van der Waals surface area contributed by atoms with Gasteiger partial charge < -0.3 is 14.5 Å². The molecular weight excluding hydrogens is 424 g/mol. The summed E-state index contributed by atoms with van der Waals surface area (Å²) in [5.41, 5.74) is 0.932. The Kier molecular flexibility index (Phi) is 5.65. The van der Waals surface area contributed by atoms with Crippen molar-refractivity contribution in [2.24, 2.45) is 0 Å². The Morgan fingerprint density at radius 3 is 2.87 bits per heavy atom. The second kappa shape index (κ2) is 8.37. The fourth-order valence-electron chi connectivity index (χ4n) is 3.44. The number of nitrogens with one attached hydrogen (secondary N) is 2. The van der Waals surface area contributed by atoms with Crippen molar-refractivity contribution in [2.75, 3.05) is 11.9 Å². The molecule has 0 atom stereocenters. The summed E-state index contributed by atoms with van der Waals surface area (Å²) in [7, 11) is 0. The first-order valence-corrected chi connectivity index (χ1v) is 10.7. The number of esters is 1. The van der Waals surface area contributed by atoms with Crippen LogP contribution in [0.5, 0.6) is 0 Å². The Labute approximate surface area is 181 Å². The van der Waals surface area contributed by atoms with E-state index in [1.807, 2.05) is 0 Å². The van der Waals surface area contributed by atoms with Crippen LogP contribution < -0.4 is 16.3 Å². The van der Waals surface area contributed by atoms with Gasteiger partial charge in [-0.15, -0.1) is 11.3 Å². The molecule has 30 heavy (non-hydrogen) atoms. The third-order valence-electron chi connectivity index (χ3n) is 4.74. The summed E-state index contributed by atoms with van der Waals surface area (Å²) in [6, 6.07) is 8.37. The Morgan fingerprint density at radius 2 is 2.07 bits per heavy atom. The first-order chi connectivity index (χ1) is 14.5. The van der Waals surface area contributed by atoms with E-state index in [0.717, 1.165) is 29.7 Å². The van der Waals surface area contributed by atoms with Crippen molar-refractivity contribution in [1.29, 1.82) is 0 Å². The van der Waals surface area contributed by atoms with Crippen LogP contribution in [0.3, 0.4) is 0 Å². The van der Waals surface area contributed by atoms with Crippen molar-refractivity contribution in [3.8, 4) is 0 Å². The average Bonchev–Trinajstić information content (AvgIpc) is 3.28. The number of hydrogen-bond donors (Lipinski definition) is 2. The molecule has 2 N–H and O–H groups in total. The molecule has 0 saturated heterocycles.